The van der Waals surface area contributed by atoms with Crippen LogP contribution in [-0.2, 0) is 4.74 Å². The van der Waals surface area contributed by atoms with E-state index >= 15 is 0 Å². The van der Waals surface area contributed by atoms with Gasteiger partial charge in [-0.15, -0.1) is 0 Å². The van der Waals surface area contributed by atoms with Crippen LogP contribution >= 0.6 is 11.3 Å². The Bertz CT molecular complexity index is 1120. The quantitative estimate of drug-likeness (QED) is 0.480. The molecule has 1 aliphatic heterocycles. The smallest absolute Gasteiger partial charge is 0.295 e. The van der Waals surface area contributed by atoms with Crippen molar-refractivity contribution in [3.8, 4) is 0 Å². The van der Waals surface area contributed by atoms with Gasteiger partial charge in [-0.3, -0.25) is 9.69 Å². The third-order valence-electron chi connectivity index (χ3n) is 5.06. The minimum Gasteiger partial charge on any atom is -0.451 e. The molecule has 4 aromatic rings. The first-order chi connectivity index (χ1) is 13.7. The van der Waals surface area contributed by atoms with Gasteiger partial charge < -0.3 is 9.15 Å². The summed E-state index contributed by atoms with van der Waals surface area (Å²) in [6.45, 7) is 3.29. The molecule has 5 rings (SSSR count). The maximum Gasteiger partial charge on any atom is 0.295 e. The van der Waals surface area contributed by atoms with Crippen LogP contribution in [-0.4, -0.2) is 30.1 Å². The van der Waals surface area contributed by atoms with Gasteiger partial charge in [-0.05, 0) is 49.6 Å². The van der Waals surface area contributed by atoms with Gasteiger partial charge >= 0.3 is 0 Å². The van der Waals surface area contributed by atoms with E-state index in [1.165, 1.54) is 16.9 Å². The number of hydrogen-bond acceptors (Lipinski definition) is 5. The van der Waals surface area contributed by atoms with Crippen LogP contribution in [0.25, 0.3) is 21.2 Å². The minimum atomic E-state index is -0.178. The highest BCUT2D eigenvalue weighted by Gasteiger charge is 2.29. The number of amides is 1. The lowest BCUT2D eigenvalue weighted by atomic mass is 10.2. The maximum atomic E-state index is 13.4. The lowest BCUT2D eigenvalue weighted by Crippen LogP contribution is -2.37. The number of aromatic nitrogens is 1. The first-order valence-corrected chi connectivity index (χ1v) is 10.3. The second-order valence-corrected chi connectivity index (χ2v) is 8.18. The molecule has 1 aliphatic rings. The zero-order valence-electron chi connectivity index (χ0n) is 15.6. The van der Waals surface area contributed by atoms with Gasteiger partial charge in [0.1, 0.15) is 5.58 Å². The Kier molecular flexibility index (Phi) is 4.37. The molecular formula is C22H20N2O3S. The number of para-hydroxylation sites is 1. The number of ether oxygens (including phenoxy) is 1. The Morgan fingerprint density at radius 2 is 2.14 bits per heavy atom. The molecule has 0 saturated carbocycles. The largest absolute Gasteiger partial charge is 0.451 e. The number of fused-ring (bicyclic) bond motifs is 2. The van der Waals surface area contributed by atoms with Crippen molar-refractivity contribution in [3.63, 3.8) is 0 Å². The summed E-state index contributed by atoms with van der Waals surface area (Å²) in [5.74, 6) is 0.150. The number of aryl methyl sites for hydroxylation is 1. The summed E-state index contributed by atoms with van der Waals surface area (Å²) < 4.78 is 12.7. The van der Waals surface area contributed by atoms with Crippen molar-refractivity contribution < 1.29 is 13.9 Å². The number of hydrogen-bond donors (Lipinski definition) is 0. The van der Waals surface area contributed by atoms with Crippen molar-refractivity contribution in [3.05, 3.63) is 59.9 Å². The normalized spacial score (nSPS) is 16.8. The number of anilines is 1. The summed E-state index contributed by atoms with van der Waals surface area (Å²) in [5, 5.41) is 1.60. The highest BCUT2D eigenvalue weighted by Crippen LogP contribution is 2.32. The number of carbonyl (C=O) groups is 1. The summed E-state index contributed by atoms with van der Waals surface area (Å²) in [6.07, 6.45) is 2.01. The molecule has 0 spiro atoms. The zero-order chi connectivity index (χ0) is 19.1. The fourth-order valence-electron chi connectivity index (χ4n) is 3.60. The number of furan rings is 1. The fourth-order valence-corrected chi connectivity index (χ4v) is 4.67. The predicted octanol–water partition coefficient (Wildman–Crippen LogP) is 5.18. The van der Waals surface area contributed by atoms with Gasteiger partial charge in [0, 0.05) is 12.0 Å². The minimum absolute atomic E-state index is 0.0297. The third-order valence-corrected chi connectivity index (χ3v) is 6.10. The van der Waals surface area contributed by atoms with Crippen LogP contribution in [0.5, 0.6) is 0 Å². The topological polar surface area (TPSA) is 55.6 Å². The molecule has 1 amide bonds. The predicted molar refractivity (Wildman–Crippen MR) is 111 cm³/mol. The Hall–Kier alpha value is -2.70. The van der Waals surface area contributed by atoms with E-state index in [-0.39, 0.29) is 12.0 Å². The third kappa shape index (κ3) is 3.19. The van der Waals surface area contributed by atoms with Crippen LogP contribution < -0.4 is 4.90 Å². The molecule has 1 atom stereocenters. The Morgan fingerprint density at radius 3 is 2.96 bits per heavy atom. The molecule has 1 saturated heterocycles. The number of benzene rings is 2. The molecule has 0 radical (unpaired) electrons. The molecular weight excluding hydrogens is 372 g/mol. The van der Waals surface area contributed by atoms with E-state index in [0.717, 1.165) is 35.1 Å². The number of nitrogens with zero attached hydrogens (tertiary/aromatic N) is 2. The average Bonchev–Trinajstić information content (AvgIpc) is 3.43. The molecule has 0 bridgehead atoms. The van der Waals surface area contributed by atoms with E-state index in [2.05, 4.69) is 13.0 Å². The van der Waals surface area contributed by atoms with Gasteiger partial charge in [0.05, 0.1) is 22.9 Å². The van der Waals surface area contributed by atoms with Gasteiger partial charge in [-0.1, -0.05) is 35.6 Å². The van der Waals surface area contributed by atoms with Crippen LogP contribution in [0, 0.1) is 6.92 Å². The molecule has 1 unspecified atom stereocenters. The zero-order valence-corrected chi connectivity index (χ0v) is 16.4. The summed E-state index contributed by atoms with van der Waals surface area (Å²) in [5.41, 5.74) is 2.79. The van der Waals surface area contributed by atoms with Crippen molar-refractivity contribution >= 4 is 43.6 Å². The highest BCUT2D eigenvalue weighted by molar-refractivity contribution is 7.22. The van der Waals surface area contributed by atoms with Crippen molar-refractivity contribution in [1.29, 1.82) is 0 Å². The second kappa shape index (κ2) is 7.04. The average molecular weight is 392 g/mol. The first-order valence-electron chi connectivity index (χ1n) is 9.46. The lowest BCUT2D eigenvalue weighted by Gasteiger charge is -2.22. The highest BCUT2D eigenvalue weighted by atomic mass is 32.1. The van der Waals surface area contributed by atoms with Crippen LogP contribution in [0.4, 0.5) is 5.13 Å². The van der Waals surface area contributed by atoms with E-state index in [1.807, 2.05) is 36.4 Å². The SMILES string of the molecule is Cc1ccc2nc(N(CC3CCCO3)C(=O)c3cc4ccccc4o3)sc2c1. The van der Waals surface area contributed by atoms with E-state index in [0.29, 0.717) is 23.0 Å². The molecule has 2 aromatic carbocycles. The second-order valence-electron chi connectivity index (χ2n) is 7.17. The van der Waals surface area contributed by atoms with Gasteiger partial charge in [0.25, 0.3) is 5.91 Å². The Balaban J connectivity index is 1.55. The molecule has 5 nitrogen and oxygen atoms in total. The Morgan fingerprint density at radius 1 is 1.25 bits per heavy atom. The standard InChI is InChI=1S/C22H20N2O3S/c1-14-8-9-17-20(11-14)28-22(23-17)24(13-16-6-4-10-26-16)21(25)19-12-15-5-2-3-7-18(15)27-19/h2-3,5,7-9,11-12,16H,4,6,10,13H2,1H3. The molecule has 142 valence electrons. The van der Waals surface area contributed by atoms with E-state index in [9.17, 15) is 4.79 Å². The summed E-state index contributed by atoms with van der Waals surface area (Å²) >= 11 is 1.53. The summed E-state index contributed by atoms with van der Waals surface area (Å²) in [7, 11) is 0. The Labute approximate surface area is 166 Å². The van der Waals surface area contributed by atoms with Crippen molar-refractivity contribution in [2.24, 2.45) is 0 Å². The maximum absolute atomic E-state index is 13.4. The van der Waals surface area contributed by atoms with Gasteiger partial charge in [-0.2, -0.15) is 0 Å². The fraction of sp³-hybridized carbons (Fsp3) is 0.273. The molecule has 0 aliphatic carbocycles. The van der Waals surface area contributed by atoms with E-state index in [1.54, 1.807) is 11.0 Å². The lowest BCUT2D eigenvalue weighted by molar-refractivity contribution is 0.0896. The molecule has 3 heterocycles. The molecule has 6 heteroatoms. The number of carbonyl (C=O) groups excluding carboxylic acids is 1. The number of rotatable bonds is 4. The molecule has 0 N–H and O–H groups in total. The monoisotopic (exact) mass is 392 g/mol. The van der Waals surface area contributed by atoms with Crippen LogP contribution in [0.15, 0.2) is 52.9 Å². The molecule has 1 fully saturated rings. The first kappa shape index (κ1) is 17.4. The van der Waals surface area contributed by atoms with Crippen LogP contribution in [0.1, 0.15) is 29.0 Å². The molecule has 2 aromatic heterocycles. The van der Waals surface area contributed by atoms with Crippen molar-refractivity contribution in [2.45, 2.75) is 25.9 Å². The summed E-state index contributed by atoms with van der Waals surface area (Å²) in [6, 6.07) is 15.6. The van der Waals surface area contributed by atoms with Crippen LogP contribution in [0.3, 0.4) is 0 Å². The van der Waals surface area contributed by atoms with Gasteiger partial charge in [-0.25, -0.2) is 4.98 Å². The van der Waals surface area contributed by atoms with E-state index < -0.39 is 0 Å². The summed E-state index contributed by atoms with van der Waals surface area (Å²) in [4.78, 5) is 19.8. The van der Waals surface area contributed by atoms with Gasteiger partial charge in [0.2, 0.25) is 0 Å². The number of thiazole rings is 1. The van der Waals surface area contributed by atoms with Crippen molar-refractivity contribution in [2.75, 3.05) is 18.1 Å². The van der Waals surface area contributed by atoms with Crippen molar-refractivity contribution in [1.82, 2.24) is 4.98 Å². The van der Waals surface area contributed by atoms with Crippen LogP contribution in [0.2, 0.25) is 0 Å². The van der Waals surface area contributed by atoms with E-state index in [4.69, 9.17) is 14.1 Å². The van der Waals surface area contributed by atoms with Gasteiger partial charge in [0.15, 0.2) is 10.9 Å². The molecule has 28 heavy (non-hydrogen) atoms.